The molecule has 0 bridgehead atoms. The Balaban J connectivity index is 1.05. The lowest BCUT2D eigenvalue weighted by atomic mass is 9.66. The van der Waals surface area contributed by atoms with Crippen LogP contribution in [-0.2, 0) is 0 Å². The van der Waals surface area contributed by atoms with Gasteiger partial charge in [0.15, 0.2) is 0 Å². The SMILES string of the molecule is C/C(=C\C=C(/CNC1CCC2CCC=CC2C1)C1CCC(C2C=CCCC2)C2=C1CCC=C2)C1=c2ccccc2=C(c2cccc(C3CCN3)c2)CC1. The van der Waals surface area contributed by atoms with Gasteiger partial charge in [-0.1, -0.05) is 96.6 Å². The number of rotatable bonds is 9. The topological polar surface area (TPSA) is 24.1 Å². The molecule has 0 amide bonds. The van der Waals surface area contributed by atoms with E-state index in [4.69, 9.17) is 0 Å². The highest BCUT2D eigenvalue weighted by molar-refractivity contribution is 5.75. The summed E-state index contributed by atoms with van der Waals surface area (Å²) in [6.07, 6.45) is 39.4. The van der Waals surface area contributed by atoms with Gasteiger partial charge in [-0.2, -0.15) is 0 Å². The van der Waals surface area contributed by atoms with Gasteiger partial charge < -0.3 is 10.6 Å². The van der Waals surface area contributed by atoms with E-state index in [0.717, 1.165) is 43.7 Å². The van der Waals surface area contributed by atoms with Crippen LogP contribution < -0.4 is 21.1 Å². The van der Waals surface area contributed by atoms with Crippen molar-refractivity contribution >= 4 is 11.1 Å². The molecule has 2 N–H and O–H groups in total. The van der Waals surface area contributed by atoms with Crippen molar-refractivity contribution in [2.75, 3.05) is 13.1 Å². The molecule has 2 heteroatoms. The summed E-state index contributed by atoms with van der Waals surface area (Å²) in [6, 6.07) is 19.8. The van der Waals surface area contributed by atoms with Crippen LogP contribution in [0.3, 0.4) is 0 Å². The normalized spacial score (nSPS) is 31.5. The lowest BCUT2D eigenvalue weighted by Gasteiger charge is -2.40. The second-order valence-electron chi connectivity index (χ2n) is 17.5. The first-order valence-electron chi connectivity index (χ1n) is 21.7. The molecular weight excluding hydrogens is 641 g/mol. The van der Waals surface area contributed by atoms with Crippen molar-refractivity contribution in [3.8, 4) is 0 Å². The summed E-state index contributed by atoms with van der Waals surface area (Å²) < 4.78 is 0. The van der Waals surface area contributed by atoms with Gasteiger partial charge in [0, 0.05) is 24.5 Å². The Labute approximate surface area is 319 Å². The first-order chi connectivity index (χ1) is 26.2. The van der Waals surface area contributed by atoms with Gasteiger partial charge >= 0.3 is 0 Å². The molecule has 6 aliphatic carbocycles. The number of hydrogen-bond donors (Lipinski definition) is 2. The molecule has 9 rings (SSSR count). The van der Waals surface area contributed by atoms with Crippen molar-refractivity contribution in [3.63, 3.8) is 0 Å². The van der Waals surface area contributed by atoms with Crippen LogP contribution in [0.4, 0.5) is 0 Å². The maximum atomic E-state index is 4.19. The number of fused-ring (bicyclic) bond motifs is 2. The van der Waals surface area contributed by atoms with Gasteiger partial charge in [0.25, 0.3) is 0 Å². The number of hydrogen-bond acceptors (Lipinski definition) is 2. The van der Waals surface area contributed by atoms with Crippen LogP contribution >= 0.6 is 0 Å². The average molecular weight is 703 g/mol. The van der Waals surface area contributed by atoms with E-state index < -0.39 is 0 Å². The van der Waals surface area contributed by atoms with E-state index in [-0.39, 0.29) is 0 Å². The summed E-state index contributed by atoms with van der Waals surface area (Å²) in [5.74, 6) is 3.69. The Morgan fingerprint density at radius 1 is 0.792 bits per heavy atom. The van der Waals surface area contributed by atoms with Crippen molar-refractivity contribution in [2.24, 2.45) is 29.6 Å². The molecule has 7 unspecified atom stereocenters. The highest BCUT2D eigenvalue weighted by atomic mass is 15.0. The number of allylic oxidation sites excluding steroid dienone is 11. The molecule has 0 spiro atoms. The molecule has 2 nitrogen and oxygen atoms in total. The van der Waals surface area contributed by atoms with Gasteiger partial charge in [-0.25, -0.2) is 0 Å². The van der Waals surface area contributed by atoms with E-state index in [2.05, 4.69) is 115 Å². The zero-order chi connectivity index (χ0) is 35.6. The molecule has 0 radical (unpaired) electrons. The third kappa shape index (κ3) is 7.48. The minimum Gasteiger partial charge on any atom is -0.310 e. The molecule has 1 saturated heterocycles. The first kappa shape index (κ1) is 35.3. The van der Waals surface area contributed by atoms with Gasteiger partial charge in [-0.15, -0.1) is 0 Å². The molecule has 2 aromatic carbocycles. The Hall–Kier alpha value is -3.46. The second kappa shape index (κ2) is 16.1. The van der Waals surface area contributed by atoms with Crippen LogP contribution in [0.15, 0.2) is 119 Å². The molecule has 1 heterocycles. The molecular formula is C51H62N2. The molecule has 2 fully saturated rings. The Morgan fingerprint density at radius 3 is 2.55 bits per heavy atom. The molecule has 1 saturated carbocycles. The lowest BCUT2D eigenvalue weighted by molar-refractivity contribution is 0.217. The van der Waals surface area contributed by atoms with Crippen LogP contribution in [0, 0.1) is 29.6 Å². The minimum atomic E-state index is 0.520. The predicted octanol–water partition coefficient (Wildman–Crippen LogP) is 10.5. The zero-order valence-corrected chi connectivity index (χ0v) is 32.3. The van der Waals surface area contributed by atoms with Crippen LogP contribution in [0.1, 0.15) is 120 Å². The minimum absolute atomic E-state index is 0.520. The first-order valence-corrected chi connectivity index (χ1v) is 21.7. The fraction of sp³-hybridized carbons (Fsp3) is 0.490. The highest BCUT2D eigenvalue weighted by Gasteiger charge is 2.35. The quantitative estimate of drug-likeness (QED) is 0.201. The maximum absolute atomic E-state index is 4.19. The number of benzene rings is 2. The van der Waals surface area contributed by atoms with E-state index in [1.807, 2.05) is 0 Å². The largest absolute Gasteiger partial charge is 0.310 e. The molecule has 7 atom stereocenters. The van der Waals surface area contributed by atoms with Crippen LogP contribution in [0.2, 0.25) is 0 Å². The molecule has 0 aromatic heterocycles. The van der Waals surface area contributed by atoms with E-state index in [1.54, 1.807) is 16.7 Å². The van der Waals surface area contributed by atoms with Gasteiger partial charge in [-0.05, 0) is 189 Å². The van der Waals surface area contributed by atoms with Crippen molar-refractivity contribution in [3.05, 3.63) is 141 Å². The number of nitrogens with one attached hydrogen (secondary N) is 2. The van der Waals surface area contributed by atoms with Crippen molar-refractivity contribution in [1.82, 2.24) is 10.6 Å². The zero-order valence-electron chi connectivity index (χ0n) is 32.3. The summed E-state index contributed by atoms with van der Waals surface area (Å²) >= 11 is 0. The summed E-state index contributed by atoms with van der Waals surface area (Å²) in [4.78, 5) is 0. The molecule has 1 aliphatic heterocycles. The van der Waals surface area contributed by atoms with Crippen LogP contribution in [0.25, 0.3) is 11.1 Å². The molecule has 7 aliphatic rings. The van der Waals surface area contributed by atoms with E-state index in [0.29, 0.717) is 23.9 Å². The van der Waals surface area contributed by atoms with Crippen molar-refractivity contribution in [1.29, 1.82) is 0 Å². The average Bonchev–Trinajstić information content (AvgIpc) is 3.20. The highest BCUT2D eigenvalue weighted by Crippen LogP contribution is 2.47. The predicted molar refractivity (Wildman–Crippen MR) is 224 cm³/mol. The summed E-state index contributed by atoms with van der Waals surface area (Å²) in [6.45, 7) is 4.54. The molecule has 276 valence electrons. The van der Waals surface area contributed by atoms with Gasteiger partial charge in [0.1, 0.15) is 0 Å². The third-order valence-electron chi connectivity index (χ3n) is 14.5. The van der Waals surface area contributed by atoms with Gasteiger partial charge in [-0.3, -0.25) is 0 Å². The monoisotopic (exact) mass is 702 g/mol. The van der Waals surface area contributed by atoms with Crippen molar-refractivity contribution < 1.29 is 0 Å². The standard InChI is InChI=1S/C51H62N2/c1-35(43-26-27-45(49-20-8-7-18-47(43)49)39-16-11-17-40(32-39)51-30-31-52-51)22-23-41(34-53-42-25-24-36-12-5-6-15-38(36)33-42)46-29-28-44(37-13-3-2-4-14-37)48-19-9-10-21-50(46)48/h3,6-9,11,13,15-20,22-23,32,36-38,42,44,46,51-53H,2,4-5,10,12,14,21,24-31,33-34H2,1H3/b35-22+,41-23+. The van der Waals surface area contributed by atoms with Crippen LogP contribution in [0.5, 0.6) is 0 Å². The fourth-order valence-electron chi connectivity index (χ4n) is 11.4. The Kier molecular flexibility index (Phi) is 10.7. The fourth-order valence-corrected chi connectivity index (χ4v) is 11.4. The third-order valence-corrected chi connectivity index (χ3v) is 14.5. The maximum Gasteiger partial charge on any atom is 0.0332 e. The second-order valence-corrected chi connectivity index (χ2v) is 17.5. The lowest BCUT2D eigenvalue weighted by Crippen LogP contribution is -2.39. The summed E-state index contributed by atoms with van der Waals surface area (Å²) in [7, 11) is 0. The summed E-state index contributed by atoms with van der Waals surface area (Å²) in [5.41, 5.74) is 12.4. The molecule has 53 heavy (non-hydrogen) atoms. The Morgan fingerprint density at radius 2 is 1.68 bits per heavy atom. The van der Waals surface area contributed by atoms with Gasteiger partial charge in [0.2, 0.25) is 0 Å². The van der Waals surface area contributed by atoms with E-state index in [9.17, 15) is 0 Å². The smallest absolute Gasteiger partial charge is 0.0332 e. The van der Waals surface area contributed by atoms with E-state index >= 15 is 0 Å². The summed E-state index contributed by atoms with van der Waals surface area (Å²) in [5, 5.41) is 10.7. The van der Waals surface area contributed by atoms with Gasteiger partial charge in [0.05, 0.1) is 0 Å². The Bertz CT molecular complexity index is 1980. The van der Waals surface area contributed by atoms with E-state index in [1.165, 1.54) is 122 Å². The molecule has 2 aromatic rings. The van der Waals surface area contributed by atoms with Crippen LogP contribution in [-0.4, -0.2) is 19.1 Å². The van der Waals surface area contributed by atoms with Crippen molar-refractivity contribution in [2.45, 2.75) is 115 Å².